The van der Waals surface area contributed by atoms with E-state index in [1.54, 1.807) is 0 Å². The third kappa shape index (κ3) is 4.62. The molecule has 166 valence electrons. The van der Waals surface area contributed by atoms with Crippen molar-refractivity contribution in [1.29, 1.82) is 0 Å². The maximum atomic E-state index is 13.5. The summed E-state index contributed by atoms with van der Waals surface area (Å²) in [5, 5.41) is 2.78. The van der Waals surface area contributed by atoms with Crippen molar-refractivity contribution < 1.29 is 27.5 Å². The summed E-state index contributed by atoms with van der Waals surface area (Å²) in [6.07, 6.45) is -1.11. The van der Waals surface area contributed by atoms with Crippen molar-refractivity contribution >= 4 is 11.8 Å². The van der Waals surface area contributed by atoms with Crippen LogP contribution >= 0.6 is 0 Å². The summed E-state index contributed by atoms with van der Waals surface area (Å²) in [6, 6.07) is 3.75. The molecule has 0 unspecified atom stereocenters. The van der Waals surface area contributed by atoms with E-state index in [2.05, 4.69) is 5.32 Å². The lowest BCUT2D eigenvalue weighted by molar-refractivity contribution is -0.138. The van der Waals surface area contributed by atoms with Crippen LogP contribution in [0.3, 0.4) is 0 Å². The number of benzene rings is 1. The standard InChI is InChI=1S/C21H28F3N3O3/c1-26(2)13-12-25-18(28)17-14-30-20(10-6-3-7-11-20)27(17)19(29)15-8-4-5-9-16(15)21(22,23)24/h4-5,8-9,17H,3,6-7,10-14H2,1-2H3,(H,25,28)/t17-/m1/s1. The van der Waals surface area contributed by atoms with Gasteiger partial charge < -0.3 is 15.0 Å². The first-order valence-corrected chi connectivity index (χ1v) is 10.2. The average Bonchev–Trinajstić information content (AvgIpc) is 3.05. The molecule has 30 heavy (non-hydrogen) atoms. The Balaban J connectivity index is 1.93. The summed E-state index contributed by atoms with van der Waals surface area (Å²) in [6.45, 7) is 0.958. The zero-order chi connectivity index (χ0) is 21.9. The van der Waals surface area contributed by atoms with Gasteiger partial charge in [-0.15, -0.1) is 0 Å². The Morgan fingerprint density at radius 2 is 1.87 bits per heavy atom. The molecule has 1 saturated heterocycles. The molecule has 0 bridgehead atoms. The van der Waals surface area contributed by atoms with Gasteiger partial charge in [0.2, 0.25) is 5.91 Å². The first-order chi connectivity index (χ1) is 14.2. The quantitative estimate of drug-likeness (QED) is 0.785. The SMILES string of the molecule is CN(C)CCNC(=O)[C@H]1COC2(CCCCC2)N1C(=O)c1ccccc1C(F)(F)F. The number of ether oxygens (including phenoxy) is 1. The zero-order valence-electron chi connectivity index (χ0n) is 17.3. The van der Waals surface area contributed by atoms with Crippen molar-refractivity contribution in [3.63, 3.8) is 0 Å². The molecule has 2 fully saturated rings. The largest absolute Gasteiger partial charge is 0.417 e. The van der Waals surface area contributed by atoms with E-state index in [4.69, 9.17) is 4.74 Å². The van der Waals surface area contributed by atoms with Gasteiger partial charge in [-0.3, -0.25) is 14.5 Å². The van der Waals surface area contributed by atoms with Crippen LogP contribution in [0.25, 0.3) is 0 Å². The number of carbonyl (C=O) groups excluding carboxylic acids is 2. The molecule has 1 aliphatic heterocycles. The lowest BCUT2D eigenvalue weighted by atomic mass is 9.89. The van der Waals surface area contributed by atoms with Crippen LogP contribution in [0.5, 0.6) is 0 Å². The second-order valence-electron chi connectivity index (χ2n) is 8.15. The molecular weight excluding hydrogens is 399 g/mol. The van der Waals surface area contributed by atoms with E-state index < -0.39 is 40.9 Å². The molecule has 1 heterocycles. The number of carbonyl (C=O) groups is 2. The number of hydrogen-bond donors (Lipinski definition) is 1. The Morgan fingerprint density at radius 3 is 2.50 bits per heavy atom. The van der Waals surface area contributed by atoms with Crippen molar-refractivity contribution in [3.8, 4) is 0 Å². The maximum absolute atomic E-state index is 13.5. The molecule has 2 amide bonds. The third-order valence-corrected chi connectivity index (χ3v) is 5.74. The molecule has 1 saturated carbocycles. The molecule has 9 heteroatoms. The van der Waals surface area contributed by atoms with E-state index in [-0.39, 0.29) is 6.61 Å². The molecule has 1 N–H and O–H groups in total. The van der Waals surface area contributed by atoms with Gasteiger partial charge in [-0.2, -0.15) is 13.2 Å². The zero-order valence-corrected chi connectivity index (χ0v) is 17.3. The van der Waals surface area contributed by atoms with Gasteiger partial charge in [0.05, 0.1) is 17.7 Å². The smallest absolute Gasteiger partial charge is 0.353 e. The Morgan fingerprint density at radius 1 is 1.20 bits per heavy atom. The predicted octanol–water partition coefficient (Wildman–Crippen LogP) is 2.88. The highest BCUT2D eigenvalue weighted by Crippen LogP contribution is 2.42. The van der Waals surface area contributed by atoms with E-state index in [1.807, 2.05) is 19.0 Å². The summed E-state index contributed by atoms with van der Waals surface area (Å²) < 4.78 is 46.6. The minimum absolute atomic E-state index is 0.0201. The second kappa shape index (κ2) is 8.93. The molecule has 3 rings (SSSR count). The van der Waals surface area contributed by atoms with Crippen molar-refractivity contribution in [2.24, 2.45) is 0 Å². The van der Waals surface area contributed by atoms with Crippen LogP contribution in [0.4, 0.5) is 13.2 Å². The molecule has 1 aromatic carbocycles. The maximum Gasteiger partial charge on any atom is 0.417 e. The molecule has 1 atom stereocenters. The number of amides is 2. The number of hydrogen-bond acceptors (Lipinski definition) is 4. The van der Waals surface area contributed by atoms with Gasteiger partial charge in [-0.25, -0.2) is 0 Å². The lowest BCUT2D eigenvalue weighted by Gasteiger charge is -2.41. The highest BCUT2D eigenvalue weighted by molar-refractivity contribution is 5.99. The molecule has 6 nitrogen and oxygen atoms in total. The molecule has 1 spiro atoms. The van der Waals surface area contributed by atoms with Crippen molar-refractivity contribution in [1.82, 2.24) is 15.1 Å². The Bertz CT molecular complexity index is 776. The Labute approximate surface area is 174 Å². The number of likely N-dealkylation sites (N-methyl/N-ethyl adjacent to an activating group) is 1. The summed E-state index contributed by atoms with van der Waals surface area (Å²) >= 11 is 0. The monoisotopic (exact) mass is 427 g/mol. The molecule has 1 aromatic rings. The molecular formula is C21H28F3N3O3. The van der Waals surface area contributed by atoms with Gasteiger partial charge in [0.15, 0.2) is 0 Å². The Kier molecular flexibility index (Phi) is 6.71. The predicted molar refractivity (Wildman–Crippen MR) is 105 cm³/mol. The van der Waals surface area contributed by atoms with Crippen LogP contribution in [-0.4, -0.2) is 67.2 Å². The topological polar surface area (TPSA) is 61.9 Å². The van der Waals surface area contributed by atoms with Crippen LogP contribution in [-0.2, 0) is 15.7 Å². The van der Waals surface area contributed by atoms with Crippen LogP contribution in [0, 0.1) is 0 Å². The summed E-state index contributed by atoms with van der Waals surface area (Å²) in [5.74, 6) is -1.22. The van der Waals surface area contributed by atoms with Crippen molar-refractivity contribution in [2.75, 3.05) is 33.8 Å². The van der Waals surface area contributed by atoms with E-state index in [9.17, 15) is 22.8 Å². The van der Waals surface area contributed by atoms with Gasteiger partial charge in [-0.1, -0.05) is 18.6 Å². The van der Waals surface area contributed by atoms with Crippen molar-refractivity contribution in [2.45, 2.75) is 50.0 Å². The number of alkyl halides is 3. The minimum atomic E-state index is -4.67. The highest BCUT2D eigenvalue weighted by atomic mass is 19.4. The fourth-order valence-corrected chi connectivity index (χ4v) is 4.24. The van der Waals surface area contributed by atoms with Gasteiger partial charge >= 0.3 is 6.18 Å². The average molecular weight is 427 g/mol. The fraction of sp³-hybridized carbons (Fsp3) is 0.619. The summed E-state index contributed by atoms with van der Waals surface area (Å²) in [7, 11) is 3.73. The van der Waals surface area contributed by atoms with Gasteiger partial charge in [0.25, 0.3) is 5.91 Å². The van der Waals surface area contributed by atoms with Gasteiger partial charge in [-0.05, 0) is 51.9 Å². The normalized spacial score (nSPS) is 21.3. The number of halogens is 3. The van der Waals surface area contributed by atoms with Crippen molar-refractivity contribution in [3.05, 3.63) is 35.4 Å². The number of rotatable bonds is 5. The van der Waals surface area contributed by atoms with E-state index in [1.165, 1.54) is 23.1 Å². The third-order valence-electron chi connectivity index (χ3n) is 5.74. The fourth-order valence-electron chi connectivity index (χ4n) is 4.24. The Hall–Kier alpha value is -2.13. The highest BCUT2D eigenvalue weighted by Gasteiger charge is 2.53. The summed E-state index contributed by atoms with van der Waals surface area (Å²) in [5.41, 5.74) is -2.48. The van der Waals surface area contributed by atoms with E-state index in [0.717, 1.165) is 25.3 Å². The van der Waals surface area contributed by atoms with Crippen LogP contribution in [0.1, 0.15) is 48.0 Å². The van der Waals surface area contributed by atoms with Gasteiger partial charge in [0.1, 0.15) is 11.8 Å². The van der Waals surface area contributed by atoms with Gasteiger partial charge in [0, 0.05) is 13.1 Å². The molecule has 2 aliphatic rings. The number of nitrogens with one attached hydrogen (secondary N) is 1. The first kappa shape index (κ1) is 22.6. The lowest BCUT2D eigenvalue weighted by Crippen LogP contribution is -2.57. The molecule has 0 radical (unpaired) electrons. The van der Waals surface area contributed by atoms with E-state index >= 15 is 0 Å². The van der Waals surface area contributed by atoms with Crippen LogP contribution in [0.15, 0.2) is 24.3 Å². The molecule has 1 aliphatic carbocycles. The summed E-state index contributed by atoms with van der Waals surface area (Å²) in [4.78, 5) is 29.5. The molecule has 0 aromatic heterocycles. The number of nitrogens with zero attached hydrogens (tertiary/aromatic N) is 2. The van der Waals surface area contributed by atoms with Crippen LogP contribution < -0.4 is 5.32 Å². The minimum Gasteiger partial charge on any atom is -0.353 e. The van der Waals surface area contributed by atoms with Crippen LogP contribution in [0.2, 0.25) is 0 Å². The second-order valence-corrected chi connectivity index (χ2v) is 8.15. The first-order valence-electron chi connectivity index (χ1n) is 10.2. The van der Waals surface area contributed by atoms with E-state index in [0.29, 0.717) is 25.9 Å².